The number of nitrogens with zero attached hydrogens (tertiary/aromatic N) is 3. The van der Waals surface area contributed by atoms with Gasteiger partial charge in [-0.25, -0.2) is 0 Å². The summed E-state index contributed by atoms with van der Waals surface area (Å²) in [5, 5.41) is 3.22. The Bertz CT molecular complexity index is 854. The van der Waals surface area contributed by atoms with Gasteiger partial charge >= 0.3 is 0 Å². The smallest absolute Gasteiger partial charge is 0.256 e. The molecule has 146 valence electrons. The molecule has 0 radical (unpaired) electrons. The maximum Gasteiger partial charge on any atom is 0.256 e. The first-order valence-electron chi connectivity index (χ1n) is 9.38. The van der Waals surface area contributed by atoms with Crippen LogP contribution in [0.3, 0.4) is 0 Å². The average molecular weight is 397 g/mol. The maximum atomic E-state index is 13.2. The van der Waals surface area contributed by atoms with Crippen molar-refractivity contribution in [2.45, 2.75) is 32.7 Å². The summed E-state index contributed by atoms with van der Waals surface area (Å²) in [7, 11) is 0. The zero-order chi connectivity index (χ0) is 20.1. The number of hydrogen-bond donors (Lipinski definition) is 1. The Morgan fingerprint density at radius 3 is 2.50 bits per heavy atom. The Labute approximate surface area is 170 Å². The van der Waals surface area contributed by atoms with Gasteiger partial charge in [0.15, 0.2) is 5.11 Å². The monoisotopic (exact) mass is 396 g/mol. The van der Waals surface area contributed by atoms with Gasteiger partial charge in [-0.3, -0.25) is 19.5 Å². The first-order valence-corrected chi connectivity index (χ1v) is 9.79. The topological polar surface area (TPSA) is 65.5 Å². The number of thiocarbonyl (C=S) groups is 1. The van der Waals surface area contributed by atoms with Crippen LogP contribution >= 0.6 is 12.2 Å². The van der Waals surface area contributed by atoms with Crippen molar-refractivity contribution in [2.75, 3.05) is 18.0 Å². The number of carbonyl (C=O) groups is 2. The highest BCUT2D eigenvalue weighted by Crippen LogP contribution is 2.27. The molecule has 6 nitrogen and oxygen atoms in total. The van der Waals surface area contributed by atoms with Crippen molar-refractivity contribution in [1.82, 2.24) is 15.2 Å². The van der Waals surface area contributed by atoms with Crippen molar-refractivity contribution in [2.24, 2.45) is 0 Å². The molecule has 1 aromatic carbocycles. The number of carbonyl (C=O) groups excluding carboxylic acids is 2. The van der Waals surface area contributed by atoms with Crippen molar-refractivity contribution >= 4 is 34.8 Å². The van der Waals surface area contributed by atoms with Crippen LogP contribution in [0.5, 0.6) is 0 Å². The molecule has 7 heteroatoms. The van der Waals surface area contributed by atoms with E-state index in [1.807, 2.05) is 55.1 Å². The van der Waals surface area contributed by atoms with E-state index in [1.54, 1.807) is 17.3 Å². The number of benzene rings is 1. The second-order valence-electron chi connectivity index (χ2n) is 6.76. The quantitative estimate of drug-likeness (QED) is 0.729. The minimum absolute atomic E-state index is 0.0888. The molecule has 0 unspecified atom stereocenters. The van der Waals surface area contributed by atoms with Crippen molar-refractivity contribution in [3.63, 3.8) is 0 Å². The van der Waals surface area contributed by atoms with Crippen LogP contribution in [0.4, 0.5) is 5.69 Å². The molecular formula is C21H24N4O2S. The number of rotatable bonds is 7. The molecule has 1 atom stereocenters. The molecule has 1 aromatic heterocycles. The van der Waals surface area contributed by atoms with Crippen LogP contribution in [0.1, 0.15) is 24.5 Å². The first kappa shape index (κ1) is 19.9. The number of nitrogens with one attached hydrogen (secondary N) is 1. The van der Waals surface area contributed by atoms with Crippen LogP contribution in [0.2, 0.25) is 0 Å². The lowest BCUT2D eigenvalue weighted by molar-refractivity contribution is -0.127. The van der Waals surface area contributed by atoms with Crippen molar-refractivity contribution < 1.29 is 9.59 Å². The van der Waals surface area contributed by atoms with E-state index in [4.69, 9.17) is 12.2 Å². The van der Waals surface area contributed by atoms with Gasteiger partial charge in [0.05, 0.1) is 12.1 Å². The van der Waals surface area contributed by atoms with Gasteiger partial charge in [-0.15, -0.1) is 0 Å². The molecule has 1 saturated heterocycles. The summed E-state index contributed by atoms with van der Waals surface area (Å²) in [6.07, 6.45) is 4.29. The van der Waals surface area contributed by atoms with Gasteiger partial charge in [0.25, 0.3) is 5.91 Å². The van der Waals surface area contributed by atoms with Gasteiger partial charge in [0, 0.05) is 25.5 Å². The highest BCUT2D eigenvalue weighted by atomic mass is 32.1. The molecule has 2 heterocycles. The fraction of sp³-hybridized carbons (Fsp3) is 0.333. The number of anilines is 1. The van der Waals surface area contributed by atoms with Crippen LogP contribution in [0, 0.1) is 6.92 Å². The molecule has 0 saturated carbocycles. The van der Waals surface area contributed by atoms with Crippen molar-refractivity contribution in [3.05, 3.63) is 59.9 Å². The van der Waals surface area contributed by atoms with E-state index < -0.39 is 6.04 Å². The van der Waals surface area contributed by atoms with Crippen LogP contribution in [0.25, 0.3) is 0 Å². The number of hydrogen-bond acceptors (Lipinski definition) is 4. The van der Waals surface area contributed by atoms with E-state index in [0.717, 1.165) is 16.8 Å². The third-order valence-corrected chi connectivity index (χ3v) is 5.17. The lowest BCUT2D eigenvalue weighted by Crippen LogP contribution is -2.40. The molecule has 28 heavy (non-hydrogen) atoms. The molecule has 0 bridgehead atoms. The first-order chi connectivity index (χ1) is 13.5. The highest BCUT2D eigenvalue weighted by molar-refractivity contribution is 7.80. The normalized spacial score (nSPS) is 16.6. The third kappa shape index (κ3) is 4.36. The van der Waals surface area contributed by atoms with Crippen LogP contribution in [0.15, 0.2) is 48.8 Å². The molecule has 0 aliphatic carbocycles. The molecular weight excluding hydrogens is 372 g/mol. The van der Waals surface area contributed by atoms with Gasteiger partial charge in [-0.1, -0.05) is 17.7 Å². The lowest BCUT2D eigenvalue weighted by atomic mass is 10.1. The number of aryl methyl sites for hydroxylation is 1. The molecule has 1 N–H and O–H groups in total. The van der Waals surface area contributed by atoms with E-state index in [1.165, 1.54) is 0 Å². The van der Waals surface area contributed by atoms with Crippen molar-refractivity contribution in [1.29, 1.82) is 0 Å². The summed E-state index contributed by atoms with van der Waals surface area (Å²) in [5.74, 6) is -0.307. The minimum atomic E-state index is -0.595. The van der Waals surface area contributed by atoms with Gasteiger partial charge in [0.2, 0.25) is 5.91 Å². The highest BCUT2D eigenvalue weighted by Gasteiger charge is 2.43. The molecule has 3 rings (SSSR count). The molecule has 2 amide bonds. The average Bonchev–Trinajstić information content (AvgIpc) is 2.92. The summed E-state index contributed by atoms with van der Waals surface area (Å²) >= 11 is 5.65. The van der Waals surface area contributed by atoms with Gasteiger partial charge in [-0.05, 0) is 62.3 Å². The second-order valence-corrected chi connectivity index (χ2v) is 7.13. The fourth-order valence-corrected chi connectivity index (χ4v) is 3.68. The third-order valence-electron chi connectivity index (χ3n) is 4.75. The van der Waals surface area contributed by atoms with Crippen LogP contribution < -0.4 is 10.2 Å². The lowest BCUT2D eigenvalue weighted by Gasteiger charge is -2.24. The Hall–Kier alpha value is -2.80. The van der Waals surface area contributed by atoms with E-state index in [9.17, 15) is 9.59 Å². The SMILES string of the molecule is CCNC(=O)C[C@H]1C(=O)N(c2ccc(C)cc2)C(=S)N1CCc1ccncc1. The minimum Gasteiger partial charge on any atom is -0.356 e. The van der Waals surface area contributed by atoms with E-state index in [0.29, 0.717) is 24.6 Å². The molecule has 2 aromatic rings. The number of amides is 2. The predicted molar refractivity (Wildman–Crippen MR) is 113 cm³/mol. The zero-order valence-electron chi connectivity index (χ0n) is 16.1. The molecule has 1 aliphatic rings. The van der Waals surface area contributed by atoms with Gasteiger partial charge < -0.3 is 10.2 Å². The number of pyridine rings is 1. The maximum absolute atomic E-state index is 13.2. The Balaban J connectivity index is 1.84. The Morgan fingerprint density at radius 1 is 1.18 bits per heavy atom. The summed E-state index contributed by atoms with van der Waals surface area (Å²) in [4.78, 5) is 32.8. The molecule has 1 aliphatic heterocycles. The molecule has 1 fully saturated rings. The Kier molecular flexibility index (Phi) is 6.36. The summed E-state index contributed by atoms with van der Waals surface area (Å²) in [6.45, 7) is 4.94. The van der Waals surface area contributed by atoms with E-state index in [2.05, 4.69) is 10.3 Å². The van der Waals surface area contributed by atoms with Gasteiger partial charge in [0.1, 0.15) is 6.04 Å². The summed E-state index contributed by atoms with van der Waals surface area (Å²) in [5.41, 5.74) is 2.94. The fourth-order valence-electron chi connectivity index (χ4n) is 3.26. The standard InChI is InChI=1S/C21H24N4O2S/c1-3-23-19(26)14-18-20(27)25(17-6-4-15(2)5-7-17)21(28)24(18)13-10-16-8-11-22-12-9-16/h4-9,11-12,18H,3,10,13-14H2,1-2H3,(H,23,26)/t18-/m0/s1. The van der Waals surface area contributed by atoms with E-state index >= 15 is 0 Å². The van der Waals surface area contributed by atoms with Crippen LogP contribution in [-0.2, 0) is 16.0 Å². The number of aromatic nitrogens is 1. The zero-order valence-corrected chi connectivity index (χ0v) is 16.9. The van der Waals surface area contributed by atoms with E-state index in [-0.39, 0.29) is 18.2 Å². The summed E-state index contributed by atoms with van der Waals surface area (Å²) < 4.78 is 0. The van der Waals surface area contributed by atoms with Crippen molar-refractivity contribution in [3.8, 4) is 0 Å². The van der Waals surface area contributed by atoms with Gasteiger partial charge in [-0.2, -0.15) is 0 Å². The largest absolute Gasteiger partial charge is 0.356 e. The Morgan fingerprint density at radius 2 is 1.86 bits per heavy atom. The van der Waals surface area contributed by atoms with Crippen LogP contribution in [-0.4, -0.2) is 45.9 Å². The molecule has 0 spiro atoms. The summed E-state index contributed by atoms with van der Waals surface area (Å²) in [6, 6.07) is 11.0. The predicted octanol–water partition coefficient (Wildman–Crippen LogP) is 2.46. The second kappa shape index (κ2) is 8.93.